The molecule has 4 nitrogen and oxygen atoms in total. The SMILES string of the molecule is CC(C)(C)c1ccnc(-c2cc(-c3ccccc3)cc(-c3cccc4oc(-c5ccccc5O)nc34)c2)c1. The number of hydrogen-bond acceptors (Lipinski definition) is 4. The van der Waals surface area contributed by atoms with Gasteiger partial charge in [0.05, 0.1) is 11.3 Å². The third kappa shape index (κ3) is 4.46. The molecule has 0 atom stereocenters. The summed E-state index contributed by atoms with van der Waals surface area (Å²) >= 11 is 0. The number of para-hydroxylation sites is 2. The molecule has 0 aliphatic heterocycles. The summed E-state index contributed by atoms with van der Waals surface area (Å²) < 4.78 is 6.10. The molecule has 38 heavy (non-hydrogen) atoms. The molecule has 0 aliphatic rings. The topological polar surface area (TPSA) is 59.2 Å². The van der Waals surface area contributed by atoms with Crippen LogP contribution in [-0.2, 0) is 5.41 Å². The molecule has 0 radical (unpaired) electrons. The van der Waals surface area contributed by atoms with Gasteiger partial charge in [-0.25, -0.2) is 4.98 Å². The summed E-state index contributed by atoms with van der Waals surface area (Å²) in [5.74, 6) is 0.531. The van der Waals surface area contributed by atoms with Crippen LogP contribution in [0.2, 0.25) is 0 Å². The van der Waals surface area contributed by atoms with E-state index in [2.05, 4.69) is 81.4 Å². The number of phenolic OH excluding ortho intramolecular Hbond substituents is 1. The van der Waals surface area contributed by atoms with E-state index in [-0.39, 0.29) is 11.2 Å². The lowest BCUT2D eigenvalue weighted by Gasteiger charge is -2.19. The molecule has 4 aromatic carbocycles. The molecule has 186 valence electrons. The predicted octanol–water partition coefficient (Wildman–Crippen LogP) is 8.89. The summed E-state index contributed by atoms with van der Waals surface area (Å²) in [5, 5.41) is 10.4. The van der Waals surface area contributed by atoms with Crippen LogP contribution in [0.4, 0.5) is 0 Å². The lowest BCUT2D eigenvalue weighted by Crippen LogP contribution is -2.11. The summed E-state index contributed by atoms with van der Waals surface area (Å²) in [7, 11) is 0. The second-order valence-electron chi connectivity index (χ2n) is 10.5. The molecule has 6 rings (SSSR count). The van der Waals surface area contributed by atoms with Gasteiger partial charge in [0.15, 0.2) is 5.58 Å². The maximum absolute atomic E-state index is 10.4. The maximum atomic E-state index is 10.4. The van der Waals surface area contributed by atoms with Crippen LogP contribution in [0, 0.1) is 0 Å². The first-order chi connectivity index (χ1) is 18.4. The Bertz CT molecular complexity index is 1760. The van der Waals surface area contributed by atoms with E-state index in [9.17, 15) is 5.11 Å². The van der Waals surface area contributed by atoms with Crippen LogP contribution in [0.25, 0.3) is 56.1 Å². The molecule has 2 heterocycles. The quantitative estimate of drug-likeness (QED) is 0.265. The number of phenols is 1. The highest BCUT2D eigenvalue weighted by Crippen LogP contribution is 2.38. The molecule has 2 aromatic heterocycles. The van der Waals surface area contributed by atoms with Crippen molar-refractivity contribution in [3.8, 4) is 50.7 Å². The molecule has 4 heteroatoms. The van der Waals surface area contributed by atoms with E-state index in [1.807, 2.05) is 36.5 Å². The average molecular weight is 497 g/mol. The summed E-state index contributed by atoms with van der Waals surface area (Å²) in [5.41, 5.74) is 9.41. The average Bonchev–Trinajstić information content (AvgIpc) is 3.37. The number of benzene rings is 4. The molecule has 6 aromatic rings. The lowest BCUT2D eigenvalue weighted by atomic mass is 9.86. The summed E-state index contributed by atoms with van der Waals surface area (Å²) in [6.07, 6.45) is 1.89. The molecule has 0 aliphatic carbocycles. The molecule has 1 N–H and O–H groups in total. The van der Waals surface area contributed by atoms with Gasteiger partial charge in [0.1, 0.15) is 11.3 Å². The van der Waals surface area contributed by atoms with Gasteiger partial charge in [-0.1, -0.05) is 75.4 Å². The van der Waals surface area contributed by atoms with Gasteiger partial charge in [-0.2, -0.15) is 0 Å². The van der Waals surface area contributed by atoms with Gasteiger partial charge in [-0.15, -0.1) is 0 Å². The molecular weight excluding hydrogens is 468 g/mol. The van der Waals surface area contributed by atoms with Crippen LogP contribution >= 0.6 is 0 Å². The van der Waals surface area contributed by atoms with Crippen molar-refractivity contribution in [2.24, 2.45) is 0 Å². The maximum Gasteiger partial charge on any atom is 0.231 e. The number of oxazole rings is 1. The van der Waals surface area contributed by atoms with Crippen molar-refractivity contribution in [3.63, 3.8) is 0 Å². The standard InChI is InChI=1S/C34H28N2O2/c1-34(2,3)26-16-17-35-29(21-26)25-19-23(22-10-5-4-6-11-22)18-24(20-25)27-13-9-15-31-32(27)36-33(38-31)28-12-7-8-14-30(28)37/h4-21,37H,1-3H3. The van der Waals surface area contributed by atoms with Crippen molar-refractivity contribution >= 4 is 11.1 Å². The van der Waals surface area contributed by atoms with Crippen LogP contribution < -0.4 is 0 Å². The van der Waals surface area contributed by atoms with Crippen molar-refractivity contribution < 1.29 is 9.52 Å². The highest BCUT2D eigenvalue weighted by Gasteiger charge is 2.18. The highest BCUT2D eigenvalue weighted by atomic mass is 16.3. The first-order valence-corrected chi connectivity index (χ1v) is 12.7. The number of rotatable bonds is 4. The Labute approximate surface area is 222 Å². The van der Waals surface area contributed by atoms with E-state index in [0.29, 0.717) is 17.0 Å². The Balaban J connectivity index is 1.56. The highest BCUT2D eigenvalue weighted by molar-refractivity contribution is 5.94. The second kappa shape index (κ2) is 9.31. The minimum absolute atomic E-state index is 0.0171. The number of pyridine rings is 1. The monoisotopic (exact) mass is 496 g/mol. The molecule has 0 amide bonds. The van der Waals surface area contributed by atoms with Gasteiger partial charge < -0.3 is 9.52 Å². The molecule has 0 bridgehead atoms. The van der Waals surface area contributed by atoms with Crippen LogP contribution in [0.3, 0.4) is 0 Å². The largest absolute Gasteiger partial charge is 0.507 e. The Morgan fingerprint density at radius 2 is 1.37 bits per heavy atom. The number of aromatic hydroxyl groups is 1. The normalized spacial score (nSPS) is 11.7. The van der Waals surface area contributed by atoms with Crippen molar-refractivity contribution in [1.29, 1.82) is 0 Å². The van der Waals surface area contributed by atoms with E-state index in [1.54, 1.807) is 12.1 Å². The van der Waals surface area contributed by atoms with Crippen molar-refractivity contribution in [3.05, 3.63) is 115 Å². The molecule has 0 saturated carbocycles. The second-order valence-corrected chi connectivity index (χ2v) is 10.5. The third-order valence-electron chi connectivity index (χ3n) is 6.83. The van der Waals surface area contributed by atoms with E-state index in [1.165, 1.54) is 5.56 Å². The lowest BCUT2D eigenvalue weighted by molar-refractivity contribution is 0.474. The zero-order chi connectivity index (χ0) is 26.3. The minimum atomic E-state index is 0.0171. The van der Waals surface area contributed by atoms with Gasteiger partial charge in [-0.3, -0.25) is 4.98 Å². The summed E-state index contributed by atoms with van der Waals surface area (Å²) in [6, 6.07) is 34.2. The predicted molar refractivity (Wildman–Crippen MR) is 154 cm³/mol. The molecule has 0 spiro atoms. The van der Waals surface area contributed by atoms with Crippen molar-refractivity contribution in [2.75, 3.05) is 0 Å². The van der Waals surface area contributed by atoms with Crippen LogP contribution in [-0.4, -0.2) is 15.1 Å². The third-order valence-corrected chi connectivity index (χ3v) is 6.83. The fourth-order valence-electron chi connectivity index (χ4n) is 4.73. The Hall–Kier alpha value is -4.70. The molecule has 0 unspecified atom stereocenters. The fraction of sp³-hybridized carbons (Fsp3) is 0.118. The van der Waals surface area contributed by atoms with Gasteiger partial charge in [0, 0.05) is 17.3 Å². The Morgan fingerprint density at radius 1 is 0.658 bits per heavy atom. The van der Waals surface area contributed by atoms with Crippen LogP contribution in [0.5, 0.6) is 5.75 Å². The Kier molecular flexibility index (Phi) is 5.80. The zero-order valence-electron chi connectivity index (χ0n) is 21.6. The minimum Gasteiger partial charge on any atom is -0.507 e. The van der Waals surface area contributed by atoms with E-state index < -0.39 is 0 Å². The molecular formula is C34H28N2O2. The number of fused-ring (bicyclic) bond motifs is 1. The molecule has 0 saturated heterocycles. The first kappa shape index (κ1) is 23.7. The fourth-order valence-corrected chi connectivity index (χ4v) is 4.73. The number of nitrogens with zero attached hydrogens (tertiary/aromatic N) is 2. The van der Waals surface area contributed by atoms with Gasteiger partial charge in [0.2, 0.25) is 5.89 Å². The summed E-state index contributed by atoms with van der Waals surface area (Å²) in [6.45, 7) is 6.64. The molecule has 0 fully saturated rings. The van der Waals surface area contributed by atoms with Gasteiger partial charge >= 0.3 is 0 Å². The Morgan fingerprint density at radius 3 is 2.16 bits per heavy atom. The summed E-state index contributed by atoms with van der Waals surface area (Å²) in [4.78, 5) is 9.58. The van der Waals surface area contributed by atoms with E-state index >= 15 is 0 Å². The van der Waals surface area contributed by atoms with E-state index in [0.717, 1.165) is 39.0 Å². The van der Waals surface area contributed by atoms with Crippen LogP contribution in [0.15, 0.2) is 114 Å². The van der Waals surface area contributed by atoms with Gasteiger partial charge in [0.25, 0.3) is 0 Å². The van der Waals surface area contributed by atoms with E-state index in [4.69, 9.17) is 14.4 Å². The zero-order valence-corrected chi connectivity index (χ0v) is 21.6. The van der Waals surface area contributed by atoms with Crippen molar-refractivity contribution in [2.45, 2.75) is 26.2 Å². The van der Waals surface area contributed by atoms with Crippen molar-refractivity contribution in [1.82, 2.24) is 9.97 Å². The number of aromatic nitrogens is 2. The number of hydrogen-bond donors (Lipinski definition) is 1. The van der Waals surface area contributed by atoms with Crippen LogP contribution in [0.1, 0.15) is 26.3 Å². The first-order valence-electron chi connectivity index (χ1n) is 12.7. The van der Waals surface area contributed by atoms with Gasteiger partial charge in [-0.05, 0) is 76.2 Å². The smallest absolute Gasteiger partial charge is 0.231 e.